The van der Waals surface area contributed by atoms with E-state index in [1.54, 1.807) is 0 Å². The number of nitro groups is 1. The predicted octanol–water partition coefficient (Wildman–Crippen LogP) is 2.41. The summed E-state index contributed by atoms with van der Waals surface area (Å²) in [4.78, 5) is 21.3. The molecular weight excluding hydrogens is 313 g/mol. The van der Waals surface area contributed by atoms with Crippen LogP contribution in [0.3, 0.4) is 0 Å². The largest absolute Gasteiger partial charge is 0.495 e. The van der Waals surface area contributed by atoms with Crippen molar-refractivity contribution >= 4 is 34.1 Å². The van der Waals surface area contributed by atoms with Crippen LogP contribution in [0.1, 0.15) is 17.3 Å². The fraction of sp³-hybridized carbons (Fsp3) is 0.222. The Bertz CT molecular complexity index is 430. The van der Waals surface area contributed by atoms with E-state index in [-0.39, 0.29) is 17.0 Å². The van der Waals surface area contributed by atoms with Crippen molar-refractivity contribution in [1.29, 1.82) is 0 Å². The molecule has 0 aliphatic heterocycles. The molecule has 0 aromatic heterocycles. The highest BCUT2D eigenvalue weighted by Gasteiger charge is 2.19. The van der Waals surface area contributed by atoms with Gasteiger partial charge in [0.1, 0.15) is 9.32 Å². The summed E-state index contributed by atoms with van der Waals surface area (Å²) in [5, 5.41) is 10.7. The Labute approximate surface area is 99.7 Å². The number of carbonyl (C=O) groups excluding carboxylic acids is 1. The molecular formula is C9H8INO4. The van der Waals surface area contributed by atoms with Crippen LogP contribution in [-0.2, 0) is 0 Å². The fourth-order valence-electron chi connectivity index (χ4n) is 1.07. The van der Waals surface area contributed by atoms with E-state index in [2.05, 4.69) is 0 Å². The van der Waals surface area contributed by atoms with Crippen LogP contribution in [0.4, 0.5) is 5.69 Å². The van der Waals surface area contributed by atoms with Crippen molar-refractivity contribution in [2.75, 3.05) is 7.11 Å². The number of rotatable bonds is 3. The first kappa shape index (κ1) is 11.9. The van der Waals surface area contributed by atoms with Gasteiger partial charge in [-0.15, -0.1) is 0 Å². The molecule has 0 fully saturated rings. The summed E-state index contributed by atoms with van der Waals surface area (Å²) in [5.74, 6) is 0.114. The van der Waals surface area contributed by atoms with Crippen LogP contribution >= 0.6 is 22.6 Å². The van der Waals surface area contributed by atoms with Gasteiger partial charge in [0.25, 0.3) is 5.69 Å². The van der Waals surface area contributed by atoms with E-state index in [0.717, 1.165) is 0 Å². The number of carbonyl (C=O) groups is 1. The second-order valence-electron chi connectivity index (χ2n) is 2.82. The van der Waals surface area contributed by atoms with Crippen molar-refractivity contribution in [2.45, 2.75) is 6.92 Å². The SMILES string of the molecule is COc1cc(C(C)=O)cc([N+](=O)[O-])c1I. The molecule has 80 valence electrons. The van der Waals surface area contributed by atoms with Crippen LogP contribution in [0, 0.1) is 13.7 Å². The third kappa shape index (κ3) is 2.44. The fourth-order valence-corrected chi connectivity index (χ4v) is 1.80. The van der Waals surface area contributed by atoms with Crippen LogP contribution in [0.5, 0.6) is 5.75 Å². The van der Waals surface area contributed by atoms with E-state index in [4.69, 9.17) is 4.74 Å². The predicted molar refractivity (Wildman–Crippen MR) is 62.4 cm³/mol. The highest BCUT2D eigenvalue weighted by Crippen LogP contribution is 2.31. The van der Waals surface area contributed by atoms with Gasteiger partial charge < -0.3 is 4.74 Å². The van der Waals surface area contributed by atoms with Gasteiger partial charge >= 0.3 is 0 Å². The maximum absolute atomic E-state index is 11.1. The maximum Gasteiger partial charge on any atom is 0.287 e. The van der Waals surface area contributed by atoms with Gasteiger partial charge in [-0.2, -0.15) is 0 Å². The van der Waals surface area contributed by atoms with Gasteiger partial charge in [0, 0.05) is 11.6 Å². The molecule has 0 spiro atoms. The number of hydrogen-bond donors (Lipinski definition) is 0. The third-order valence-corrected chi connectivity index (χ3v) is 2.93. The Morgan fingerprint density at radius 1 is 1.53 bits per heavy atom. The summed E-state index contributed by atoms with van der Waals surface area (Å²) in [6.45, 7) is 1.35. The second-order valence-corrected chi connectivity index (χ2v) is 3.90. The minimum atomic E-state index is -0.531. The number of Topliss-reactive ketones (excluding diaryl/α,β-unsaturated/α-hetero) is 1. The van der Waals surface area contributed by atoms with Gasteiger partial charge in [0.05, 0.1) is 12.0 Å². The van der Waals surface area contributed by atoms with Crippen molar-refractivity contribution in [2.24, 2.45) is 0 Å². The van der Waals surface area contributed by atoms with Crippen molar-refractivity contribution in [3.05, 3.63) is 31.4 Å². The van der Waals surface area contributed by atoms with E-state index < -0.39 is 4.92 Å². The molecule has 0 aliphatic carbocycles. The van der Waals surface area contributed by atoms with Crippen LogP contribution < -0.4 is 4.74 Å². The van der Waals surface area contributed by atoms with Crippen LogP contribution in [-0.4, -0.2) is 17.8 Å². The maximum atomic E-state index is 11.1. The molecule has 5 nitrogen and oxygen atoms in total. The number of halogens is 1. The average Bonchev–Trinajstić information content (AvgIpc) is 2.17. The number of ether oxygens (including phenoxy) is 1. The molecule has 0 aliphatic rings. The second kappa shape index (κ2) is 4.56. The Hall–Kier alpha value is -1.18. The average molecular weight is 321 g/mol. The summed E-state index contributed by atoms with van der Waals surface area (Å²) in [7, 11) is 1.41. The molecule has 15 heavy (non-hydrogen) atoms. The number of methoxy groups -OCH3 is 1. The van der Waals surface area contributed by atoms with Crippen LogP contribution in [0.25, 0.3) is 0 Å². The summed E-state index contributed by atoms with van der Waals surface area (Å²) < 4.78 is 5.36. The van der Waals surface area contributed by atoms with E-state index in [1.807, 2.05) is 22.6 Å². The van der Waals surface area contributed by atoms with Gasteiger partial charge in [0.2, 0.25) is 0 Å². The molecule has 0 saturated carbocycles. The smallest absolute Gasteiger partial charge is 0.287 e. The molecule has 0 unspecified atom stereocenters. The minimum Gasteiger partial charge on any atom is -0.495 e. The number of ketones is 1. The van der Waals surface area contributed by atoms with E-state index in [9.17, 15) is 14.9 Å². The lowest BCUT2D eigenvalue weighted by Gasteiger charge is -2.05. The number of nitro benzene ring substituents is 1. The Kier molecular flexibility index (Phi) is 3.61. The summed E-state index contributed by atoms with van der Waals surface area (Å²) in [6, 6.07) is 2.75. The number of hydrogen-bond acceptors (Lipinski definition) is 4. The van der Waals surface area contributed by atoms with Gasteiger partial charge in [-0.25, -0.2) is 0 Å². The van der Waals surface area contributed by atoms with Crippen LogP contribution in [0.15, 0.2) is 12.1 Å². The van der Waals surface area contributed by atoms with E-state index in [0.29, 0.717) is 9.32 Å². The molecule has 1 aromatic rings. The molecule has 0 heterocycles. The first-order valence-electron chi connectivity index (χ1n) is 4.00. The Morgan fingerprint density at radius 2 is 2.13 bits per heavy atom. The summed E-state index contributed by atoms with van der Waals surface area (Å²) >= 11 is 1.82. The highest BCUT2D eigenvalue weighted by molar-refractivity contribution is 14.1. The molecule has 1 rings (SSSR count). The van der Waals surface area contributed by atoms with Crippen molar-refractivity contribution in [3.63, 3.8) is 0 Å². The van der Waals surface area contributed by atoms with Gasteiger partial charge in [-0.05, 0) is 35.6 Å². The topological polar surface area (TPSA) is 69.4 Å². The first-order chi connectivity index (χ1) is 6.97. The lowest BCUT2D eigenvalue weighted by molar-refractivity contribution is -0.385. The van der Waals surface area contributed by atoms with Crippen molar-refractivity contribution < 1.29 is 14.5 Å². The monoisotopic (exact) mass is 321 g/mol. The normalized spacial score (nSPS) is 9.80. The molecule has 6 heteroatoms. The first-order valence-corrected chi connectivity index (χ1v) is 5.08. The molecule has 0 saturated heterocycles. The lowest BCUT2D eigenvalue weighted by atomic mass is 10.1. The molecule has 0 bridgehead atoms. The lowest BCUT2D eigenvalue weighted by Crippen LogP contribution is -2.00. The quantitative estimate of drug-likeness (QED) is 0.371. The molecule has 0 radical (unpaired) electrons. The zero-order valence-corrected chi connectivity index (χ0v) is 10.3. The van der Waals surface area contributed by atoms with E-state index in [1.165, 1.54) is 26.2 Å². The minimum absolute atomic E-state index is 0.111. The van der Waals surface area contributed by atoms with E-state index >= 15 is 0 Å². The summed E-state index contributed by atoms with van der Waals surface area (Å²) in [5.41, 5.74) is 0.166. The Balaban J connectivity index is 3.45. The summed E-state index contributed by atoms with van der Waals surface area (Å²) in [6.07, 6.45) is 0. The highest BCUT2D eigenvalue weighted by atomic mass is 127. The Morgan fingerprint density at radius 3 is 2.53 bits per heavy atom. The van der Waals surface area contributed by atoms with Gasteiger partial charge in [-0.3, -0.25) is 14.9 Å². The van der Waals surface area contributed by atoms with Gasteiger partial charge in [-0.1, -0.05) is 0 Å². The number of nitrogens with zero attached hydrogens (tertiary/aromatic N) is 1. The molecule has 0 amide bonds. The van der Waals surface area contributed by atoms with Crippen molar-refractivity contribution in [3.8, 4) is 5.75 Å². The van der Waals surface area contributed by atoms with Gasteiger partial charge in [0.15, 0.2) is 5.78 Å². The zero-order chi connectivity index (χ0) is 11.6. The van der Waals surface area contributed by atoms with Crippen LogP contribution in [0.2, 0.25) is 0 Å². The molecule has 0 N–H and O–H groups in total. The zero-order valence-electron chi connectivity index (χ0n) is 8.11. The molecule has 1 aromatic carbocycles. The number of benzene rings is 1. The van der Waals surface area contributed by atoms with Crippen molar-refractivity contribution in [1.82, 2.24) is 0 Å². The standard InChI is InChI=1S/C9H8INO4/c1-5(12)6-3-7(11(13)14)9(10)8(4-6)15-2/h3-4H,1-2H3. The molecule has 0 atom stereocenters. The third-order valence-electron chi connectivity index (χ3n) is 1.84.